The highest BCUT2D eigenvalue weighted by atomic mass is 127. The second-order valence-corrected chi connectivity index (χ2v) is 3.94. The van der Waals surface area contributed by atoms with Crippen LogP contribution in [0.3, 0.4) is 0 Å². The predicted molar refractivity (Wildman–Crippen MR) is 77.9 cm³/mol. The first-order chi connectivity index (χ1) is 6.56. The minimum atomic E-state index is 0. The van der Waals surface area contributed by atoms with Crippen LogP contribution in [0.15, 0.2) is 4.99 Å². The monoisotopic (exact) mass is 328 g/mol. The summed E-state index contributed by atoms with van der Waals surface area (Å²) in [5.74, 6) is 1.12. The maximum Gasteiger partial charge on any atom is 0.188 e. The fourth-order valence-electron chi connectivity index (χ4n) is 0.870. The maximum atomic E-state index is 5.67. The van der Waals surface area contributed by atoms with E-state index in [9.17, 15) is 0 Å². The molecule has 92 valence electrons. The third-order valence-electron chi connectivity index (χ3n) is 1.97. The third kappa shape index (κ3) is 11.9. The predicted octanol–water partition coefficient (Wildman–Crippen LogP) is 1.12. The van der Waals surface area contributed by atoms with Crippen molar-refractivity contribution in [1.29, 1.82) is 0 Å². The summed E-state index contributed by atoms with van der Waals surface area (Å²) in [5, 5.41) is 3.09. The van der Waals surface area contributed by atoms with E-state index in [1.54, 1.807) is 0 Å². The van der Waals surface area contributed by atoms with E-state index >= 15 is 0 Å². The first-order valence-electron chi connectivity index (χ1n) is 5.28. The maximum absolute atomic E-state index is 5.67. The van der Waals surface area contributed by atoms with E-state index < -0.39 is 0 Å². The molecule has 0 aromatic heterocycles. The van der Waals surface area contributed by atoms with Crippen molar-refractivity contribution < 1.29 is 0 Å². The molecule has 0 heterocycles. The van der Waals surface area contributed by atoms with Gasteiger partial charge in [-0.25, -0.2) is 0 Å². The quantitative estimate of drug-likeness (QED) is 0.436. The Morgan fingerprint density at radius 1 is 1.47 bits per heavy atom. The van der Waals surface area contributed by atoms with Gasteiger partial charge in [-0.3, -0.25) is 4.99 Å². The smallest absolute Gasteiger partial charge is 0.188 e. The van der Waals surface area contributed by atoms with Gasteiger partial charge in [-0.15, -0.1) is 24.0 Å². The van der Waals surface area contributed by atoms with Crippen LogP contribution in [0.2, 0.25) is 0 Å². The molecule has 3 N–H and O–H groups in total. The summed E-state index contributed by atoms with van der Waals surface area (Å²) in [5.41, 5.74) is 5.67. The van der Waals surface area contributed by atoms with Crippen molar-refractivity contribution in [2.75, 3.05) is 33.2 Å². The topological polar surface area (TPSA) is 53.6 Å². The SMILES string of the molecule is CCN(C)CCNC(N)=NCC(C)C.I. The molecular formula is C10H25IN4. The fraction of sp³-hybridized carbons (Fsp3) is 0.900. The molecule has 0 unspecified atom stereocenters. The number of nitrogens with zero attached hydrogens (tertiary/aromatic N) is 2. The fourth-order valence-corrected chi connectivity index (χ4v) is 0.870. The number of hydrogen-bond donors (Lipinski definition) is 2. The molecule has 0 aromatic carbocycles. The summed E-state index contributed by atoms with van der Waals surface area (Å²) >= 11 is 0. The number of likely N-dealkylation sites (N-methyl/N-ethyl adjacent to an activating group) is 1. The third-order valence-corrected chi connectivity index (χ3v) is 1.97. The van der Waals surface area contributed by atoms with Crippen LogP contribution in [0.5, 0.6) is 0 Å². The van der Waals surface area contributed by atoms with Gasteiger partial charge in [0.05, 0.1) is 0 Å². The zero-order valence-corrected chi connectivity index (χ0v) is 12.6. The molecular weight excluding hydrogens is 303 g/mol. The Kier molecular flexibility index (Phi) is 12.1. The molecule has 0 aromatic rings. The normalized spacial score (nSPS) is 11.7. The molecule has 0 rings (SSSR count). The highest BCUT2D eigenvalue weighted by Gasteiger charge is 1.95. The lowest BCUT2D eigenvalue weighted by Gasteiger charge is -2.14. The van der Waals surface area contributed by atoms with Crippen LogP contribution in [0, 0.1) is 5.92 Å². The van der Waals surface area contributed by atoms with Gasteiger partial charge >= 0.3 is 0 Å². The number of rotatable bonds is 6. The number of nitrogens with one attached hydrogen (secondary N) is 1. The average Bonchev–Trinajstić information content (AvgIpc) is 2.14. The number of aliphatic imine (C=N–C) groups is 1. The summed E-state index contributed by atoms with van der Waals surface area (Å²) in [6.45, 7) is 10.1. The number of hydrogen-bond acceptors (Lipinski definition) is 2. The van der Waals surface area contributed by atoms with Crippen molar-refractivity contribution in [1.82, 2.24) is 10.2 Å². The lowest BCUT2D eigenvalue weighted by Crippen LogP contribution is -2.37. The molecule has 4 nitrogen and oxygen atoms in total. The second kappa shape index (κ2) is 10.5. The Hall–Kier alpha value is -0.0400. The van der Waals surface area contributed by atoms with Crippen LogP contribution in [-0.4, -0.2) is 44.1 Å². The lowest BCUT2D eigenvalue weighted by molar-refractivity contribution is 0.357. The Bertz CT molecular complexity index is 171. The minimum absolute atomic E-state index is 0. The van der Waals surface area contributed by atoms with Gasteiger partial charge in [-0.05, 0) is 19.5 Å². The van der Waals surface area contributed by atoms with Crippen molar-refractivity contribution in [2.45, 2.75) is 20.8 Å². The summed E-state index contributed by atoms with van der Waals surface area (Å²) in [4.78, 5) is 6.44. The van der Waals surface area contributed by atoms with Gasteiger partial charge in [0.25, 0.3) is 0 Å². The first-order valence-corrected chi connectivity index (χ1v) is 5.28. The largest absolute Gasteiger partial charge is 0.370 e. The molecule has 0 fully saturated rings. The highest BCUT2D eigenvalue weighted by Crippen LogP contribution is 1.90. The molecule has 15 heavy (non-hydrogen) atoms. The summed E-state index contributed by atoms with van der Waals surface area (Å²) in [6.07, 6.45) is 0. The Morgan fingerprint density at radius 2 is 2.07 bits per heavy atom. The van der Waals surface area contributed by atoms with Crippen molar-refractivity contribution in [3.8, 4) is 0 Å². The molecule has 0 atom stereocenters. The Labute approximate surface area is 111 Å². The molecule has 5 heteroatoms. The molecule has 0 saturated carbocycles. The van der Waals surface area contributed by atoms with E-state index in [0.717, 1.165) is 26.2 Å². The lowest BCUT2D eigenvalue weighted by atomic mass is 10.2. The van der Waals surface area contributed by atoms with Crippen molar-refractivity contribution in [2.24, 2.45) is 16.6 Å². The number of guanidine groups is 1. The van der Waals surface area contributed by atoms with Crippen LogP contribution >= 0.6 is 24.0 Å². The van der Waals surface area contributed by atoms with E-state index in [2.05, 4.69) is 43.0 Å². The second-order valence-electron chi connectivity index (χ2n) is 3.94. The zero-order valence-electron chi connectivity index (χ0n) is 10.3. The average molecular weight is 328 g/mol. The summed E-state index contributed by atoms with van der Waals surface area (Å²) in [7, 11) is 2.09. The molecule has 0 aliphatic carbocycles. The molecule has 0 bridgehead atoms. The van der Waals surface area contributed by atoms with E-state index in [0.29, 0.717) is 11.9 Å². The minimum Gasteiger partial charge on any atom is -0.370 e. The van der Waals surface area contributed by atoms with Crippen LogP contribution < -0.4 is 11.1 Å². The Balaban J connectivity index is 0. The highest BCUT2D eigenvalue weighted by molar-refractivity contribution is 14.0. The van der Waals surface area contributed by atoms with Crippen molar-refractivity contribution in [3.05, 3.63) is 0 Å². The van der Waals surface area contributed by atoms with Crippen LogP contribution in [0.4, 0.5) is 0 Å². The zero-order chi connectivity index (χ0) is 11.0. The summed E-state index contributed by atoms with van der Waals surface area (Å²) < 4.78 is 0. The molecule has 0 aliphatic heterocycles. The van der Waals surface area contributed by atoms with Gasteiger partial charge in [0.2, 0.25) is 0 Å². The molecule has 0 spiro atoms. The van der Waals surface area contributed by atoms with Crippen LogP contribution in [0.25, 0.3) is 0 Å². The van der Waals surface area contributed by atoms with Gasteiger partial charge < -0.3 is 16.0 Å². The van der Waals surface area contributed by atoms with Crippen molar-refractivity contribution in [3.63, 3.8) is 0 Å². The van der Waals surface area contributed by atoms with E-state index in [1.165, 1.54) is 0 Å². The molecule has 0 amide bonds. The van der Waals surface area contributed by atoms with Gasteiger partial charge in [-0.2, -0.15) is 0 Å². The first kappa shape index (κ1) is 17.4. The van der Waals surface area contributed by atoms with E-state index in [-0.39, 0.29) is 24.0 Å². The standard InChI is InChI=1S/C10H24N4.HI/c1-5-14(4)7-6-12-10(11)13-8-9(2)3;/h9H,5-8H2,1-4H3,(H3,11,12,13);1H. The van der Waals surface area contributed by atoms with Gasteiger partial charge in [0, 0.05) is 19.6 Å². The van der Waals surface area contributed by atoms with E-state index in [1.807, 2.05) is 0 Å². The van der Waals surface area contributed by atoms with E-state index in [4.69, 9.17) is 5.73 Å². The van der Waals surface area contributed by atoms with Gasteiger partial charge in [0.15, 0.2) is 5.96 Å². The number of halogens is 1. The number of nitrogens with two attached hydrogens (primary N) is 1. The Morgan fingerprint density at radius 3 is 2.53 bits per heavy atom. The molecule has 0 radical (unpaired) electrons. The van der Waals surface area contributed by atoms with Crippen LogP contribution in [-0.2, 0) is 0 Å². The molecule has 0 saturated heterocycles. The van der Waals surface area contributed by atoms with Crippen LogP contribution in [0.1, 0.15) is 20.8 Å². The van der Waals surface area contributed by atoms with Crippen molar-refractivity contribution >= 4 is 29.9 Å². The van der Waals surface area contributed by atoms with Gasteiger partial charge in [-0.1, -0.05) is 20.8 Å². The summed E-state index contributed by atoms with van der Waals surface area (Å²) in [6, 6.07) is 0. The molecule has 0 aliphatic rings. The van der Waals surface area contributed by atoms with Gasteiger partial charge in [0.1, 0.15) is 0 Å².